The molecule has 0 spiro atoms. The fraction of sp³-hybridized carbons (Fsp3) is 0.429. The number of thioether (sulfide) groups is 1. The molecule has 6 nitrogen and oxygen atoms in total. The molecule has 2 aromatic rings. The summed E-state index contributed by atoms with van der Waals surface area (Å²) in [5.74, 6) is 0.278. The van der Waals surface area contributed by atoms with E-state index in [4.69, 9.17) is 0 Å². The molecule has 1 aromatic carbocycles. The molecule has 1 atom stereocenters. The molecule has 0 saturated heterocycles. The lowest BCUT2D eigenvalue weighted by atomic mass is 10.1. The summed E-state index contributed by atoms with van der Waals surface area (Å²) in [7, 11) is 0. The van der Waals surface area contributed by atoms with Crippen molar-refractivity contribution in [3.05, 3.63) is 34.3 Å². The Labute approximate surface area is 141 Å². The standard InChI is InChI=1S/C14H16BrN5OS/c1-9(11-4-2-3-5-12(11)15)16-13(21)8-22-14-17-18-19-20(14)10-6-7-10/h2-5,9-10H,6-8H2,1H3,(H,16,21)/t9-/m1/s1. The average molecular weight is 382 g/mol. The second kappa shape index (κ2) is 6.78. The third kappa shape index (κ3) is 3.67. The summed E-state index contributed by atoms with van der Waals surface area (Å²) in [6.45, 7) is 1.97. The highest BCUT2D eigenvalue weighted by Gasteiger charge is 2.28. The van der Waals surface area contributed by atoms with Crippen molar-refractivity contribution >= 4 is 33.6 Å². The molecule has 0 radical (unpaired) electrons. The molecule has 22 heavy (non-hydrogen) atoms. The molecule has 1 N–H and O–H groups in total. The van der Waals surface area contributed by atoms with Gasteiger partial charge in [-0.05, 0) is 41.8 Å². The fourth-order valence-corrected chi connectivity index (χ4v) is 3.53. The molecule has 1 saturated carbocycles. The van der Waals surface area contributed by atoms with Crippen molar-refractivity contribution in [2.45, 2.75) is 37.0 Å². The quantitative estimate of drug-likeness (QED) is 0.778. The van der Waals surface area contributed by atoms with Gasteiger partial charge >= 0.3 is 0 Å². The summed E-state index contributed by atoms with van der Waals surface area (Å²) in [5.41, 5.74) is 1.06. The first-order chi connectivity index (χ1) is 10.6. The van der Waals surface area contributed by atoms with Gasteiger partial charge in [0.25, 0.3) is 0 Å². The van der Waals surface area contributed by atoms with Crippen LogP contribution in [0.5, 0.6) is 0 Å². The van der Waals surface area contributed by atoms with E-state index in [2.05, 4.69) is 36.8 Å². The highest BCUT2D eigenvalue weighted by Crippen LogP contribution is 2.36. The van der Waals surface area contributed by atoms with Gasteiger partial charge < -0.3 is 5.32 Å². The van der Waals surface area contributed by atoms with Crippen molar-refractivity contribution in [1.82, 2.24) is 25.5 Å². The number of benzene rings is 1. The molecule has 0 unspecified atom stereocenters. The number of amides is 1. The van der Waals surface area contributed by atoms with E-state index in [1.165, 1.54) is 11.8 Å². The van der Waals surface area contributed by atoms with Crippen LogP contribution < -0.4 is 5.32 Å². The Bertz CT molecular complexity index is 673. The minimum absolute atomic E-state index is 0.0291. The Hall–Kier alpha value is -1.41. The zero-order chi connectivity index (χ0) is 15.5. The molecular formula is C14H16BrN5OS. The van der Waals surface area contributed by atoms with Gasteiger partial charge in [0.2, 0.25) is 11.1 Å². The van der Waals surface area contributed by atoms with Crippen LogP contribution in [0.3, 0.4) is 0 Å². The Morgan fingerprint density at radius 2 is 2.27 bits per heavy atom. The van der Waals surface area contributed by atoms with Crippen molar-refractivity contribution in [1.29, 1.82) is 0 Å². The molecule has 1 aliphatic carbocycles. The van der Waals surface area contributed by atoms with Crippen molar-refractivity contribution in [3.8, 4) is 0 Å². The van der Waals surface area contributed by atoms with Crippen molar-refractivity contribution in [3.63, 3.8) is 0 Å². The van der Waals surface area contributed by atoms with Crippen LogP contribution in [-0.2, 0) is 4.79 Å². The summed E-state index contributed by atoms with van der Waals surface area (Å²) in [6, 6.07) is 8.24. The molecule has 1 amide bonds. The number of carbonyl (C=O) groups is 1. The Kier molecular flexibility index (Phi) is 4.77. The molecule has 1 heterocycles. The predicted molar refractivity (Wildman–Crippen MR) is 87.5 cm³/mol. The second-order valence-electron chi connectivity index (χ2n) is 5.24. The molecule has 0 aliphatic heterocycles. The van der Waals surface area contributed by atoms with E-state index >= 15 is 0 Å². The third-order valence-corrected chi connectivity index (χ3v) is 5.09. The van der Waals surface area contributed by atoms with Crippen LogP contribution in [0.1, 0.15) is 37.4 Å². The molecule has 1 aromatic heterocycles. The molecule has 3 rings (SSSR count). The van der Waals surface area contributed by atoms with Crippen molar-refractivity contribution in [2.24, 2.45) is 0 Å². The zero-order valence-corrected chi connectivity index (χ0v) is 14.5. The summed E-state index contributed by atoms with van der Waals surface area (Å²) < 4.78 is 2.81. The lowest BCUT2D eigenvalue weighted by Crippen LogP contribution is -2.28. The lowest BCUT2D eigenvalue weighted by molar-refractivity contribution is -0.119. The van der Waals surface area contributed by atoms with Crippen LogP contribution in [0.4, 0.5) is 0 Å². The predicted octanol–water partition coefficient (Wildman–Crippen LogP) is 2.74. The maximum absolute atomic E-state index is 12.1. The normalized spacial score (nSPS) is 15.5. The van der Waals surface area contributed by atoms with Crippen LogP contribution in [-0.4, -0.2) is 31.9 Å². The Morgan fingerprint density at radius 3 is 3.00 bits per heavy atom. The van der Waals surface area contributed by atoms with Gasteiger partial charge in [-0.2, -0.15) is 0 Å². The summed E-state index contributed by atoms with van der Waals surface area (Å²) in [5, 5.41) is 15.3. The van der Waals surface area contributed by atoms with Gasteiger partial charge in [0.15, 0.2) is 0 Å². The van der Waals surface area contributed by atoms with E-state index in [9.17, 15) is 4.79 Å². The van der Waals surface area contributed by atoms with Gasteiger partial charge in [-0.25, -0.2) is 4.68 Å². The third-order valence-electron chi connectivity index (χ3n) is 3.44. The van der Waals surface area contributed by atoms with Gasteiger partial charge in [0, 0.05) is 4.47 Å². The SMILES string of the molecule is C[C@@H](NC(=O)CSc1nnnn1C1CC1)c1ccccc1Br. The minimum atomic E-state index is -0.0527. The average Bonchev–Trinajstić information content (AvgIpc) is 3.24. The summed E-state index contributed by atoms with van der Waals surface area (Å²) >= 11 is 4.88. The molecule has 1 fully saturated rings. The number of halogens is 1. The maximum Gasteiger partial charge on any atom is 0.230 e. The number of tetrazole rings is 1. The van der Waals surface area contributed by atoms with Crippen LogP contribution in [0, 0.1) is 0 Å². The lowest BCUT2D eigenvalue weighted by Gasteiger charge is -2.15. The number of aromatic nitrogens is 4. The first kappa shape index (κ1) is 15.5. The number of nitrogens with one attached hydrogen (secondary N) is 1. The van der Waals surface area contributed by atoms with E-state index in [0.717, 1.165) is 22.9 Å². The van der Waals surface area contributed by atoms with E-state index in [-0.39, 0.29) is 11.9 Å². The maximum atomic E-state index is 12.1. The second-order valence-corrected chi connectivity index (χ2v) is 7.03. The molecule has 8 heteroatoms. The number of hydrogen-bond acceptors (Lipinski definition) is 5. The Morgan fingerprint density at radius 1 is 1.50 bits per heavy atom. The minimum Gasteiger partial charge on any atom is -0.349 e. The zero-order valence-electron chi connectivity index (χ0n) is 12.1. The molecule has 0 bridgehead atoms. The first-order valence-electron chi connectivity index (χ1n) is 7.09. The monoisotopic (exact) mass is 381 g/mol. The van der Waals surface area contributed by atoms with E-state index < -0.39 is 0 Å². The van der Waals surface area contributed by atoms with E-state index in [1.807, 2.05) is 35.9 Å². The van der Waals surface area contributed by atoms with Gasteiger partial charge in [0.05, 0.1) is 17.8 Å². The number of nitrogens with zero attached hydrogens (tertiary/aromatic N) is 4. The van der Waals surface area contributed by atoms with Gasteiger partial charge in [-0.15, -0.1) is 5.10 Å². The summed E-state index contributed by atoms with van der Waals surface area (Å²) in [4.78, 5) is 12.1. The van der Waals surface area contributed by atoms with Crippen LogP contribution >= 0.6 is 27.7 Å². The number of hydrogen-bond donors (Lipinski definition) is 1. The number of carbonyl (C=O) groups excluding carboxylic acids is 1. The van der Waals surface area contributed by atoms with Gasteiger partial charge in [0.1, 0.15) is 0 Å². The van der Waals surface area contributed by atoms with E-state index in [1.54, 1.807) is 0 Å². The molecule has 1 aliphatic rings. The van der Waals surface area contributed by atoms with Crippen LogP contribution in [0.15, 0.2) is 33.9 Å². The first-order valence-corrected chi connectivity index (χ1v) is 8.87. The van der Waals surface area contributed by atoms with Crippen molar-refractivity contribution < 1.29 is 4.79 Å². The number of rotatable bonds is 6. The van der Waals surface area contributed by atoms with Crippen LogP contribution in [0.2, 0.25) is 0 Å². The molecular weight excluding hydrogens is 366 g/mol. The van der Waals surface area contributed by atoms with Crippen LogP contribution in [0.25, 0.3) is 0 Å². The largest absolute Gasteiger partial charge is 0.349 e. The van der Waals surface area contributed by atoms with E-state index in [0.29, 0.717) is 17.0 Å². The topological polar surface area (TPSA) is 72.7 Å². The van der Waals surface area contributed by atoms with Crippen molar-refractivity contribution in [2.75, 3.05) is 5.75 Å². The fourth-order valence-electron chi connectivity index (χ4n) is 2.15. The smallest absolute Gasteiger partial charge is 0.230 e. The van der Waals surface area contributed by atoms with Gasteiger partial charge in [-0.1, -0.05) is 45.9 Å². The highest BCUT2D eigenvalue weighted by atomic mass is 79.9. The molecule has 116 valence electrons. The Balaban J connectivity index is 1.54. The van der Waals surface area contributed by atoms with Gasteiger partial charge in [-0.3, -0.25) is 4.79 Å². The summed E-state index contributed by atoms with van der Waals surface area (Å²) in [6.07, 6.45) is 2.23. The highest BCUT2D eigenvalue weighted by molar-refractivity contribution is 9.10.